The van der Waals surface area contributed by atoms with E-state index >= 15 is 0 Å². The average Bonchev–Trinajstić information content (AvgIpc) is 2.24. The summed E-state index contributed by atoms with van der Waals surface area (Å²) in [6.45, 7) is 8.23. The van der Waals surface area contributed by atoms with E-state index in [0.717, 1.165) is 6.42 Å². The number of amides is 1. The van der Waals surface area contributed by atoms with E-state index in [1.54, 1.807) is 6.92 Å². The van der Waals surface area contributed by atoms with Crippen molar-refractivity contribution < 1.29 is 19.1 Å². The molecule has 5 heteroatoms. The normalized spacial score (nSPS) is 13.9. The topological polar surface area (TPSA) is 64.6 Å². The van der Waals surface area contributed by atoms with Crippen LogP contribution < -0.4 is 5.32 Å². The molecule has 0 fully saturated rings. The van der Waals surface area contributed by atoms with Gasteiger partial charge in [0.15, 0.2) is 0 Å². The quantitative estimate of drug-likeness (QED) is 0.516. The van der Waals surface area contributed by atoms with Gasteiger partial charge in [-0.25, -0.2) is 0 Å². The Morgan fingerprint density at radius 3 is 2.41 bits per heavy atom. The van der Waals surface area contributed by atoms with E-state index in [1.807, 2.05) is 13.8 Å². The lowest BCUT2D eigenvalue weighted by Gasteiger charge is -2.28. The summed E-state index contributed by atoms with van der Waals surface area (Å²) in [4.78, 5) is 22.0. The van der Waals surface area contributed by atoms with E-state index in [9.17, 15) is 9.59 Å². The number of carbonyl (C=O) groups excluding carboxylic acids is 2. The highest BCUT2D eigenvalue weighted by Gasteiger charge is 2.23. The predicted octanol–water partition coefficient (Wildman–Crippen LogP) is 1.26. The SMILES string of the molecule is CCOC(=O)CCOCC(C)(CC)NC(C)=O. The largest absolute Gasteiger partial charge is 0.466 e. The molecule has 17 heavy (non-hydrogen) atoms. The molecule has 0 saturated carbocycles. The molecule has 0 spiro atoms. The van der Waals surface area contributed by atoms with Crippen LogP contribution in [-0.4, -0.2) is 37.2 Å². The minimum atomic E-state index is -0.375. The minimum Gasteiger partial charge on any atom is -0.466 e. The fourth-order valence-corrected chi connectivity index (χ4v) is 1.34. The molecule has 1 atom stereocenters. The van der Waals surface area contributed by atoms with Gasteiger partial charge in [0.2, 0.25) is 5.91 Å². The van der Waals surface area contributed by atoms with E-state index in [4.69, 9.17) is 9.47 Å². The fourth-order valence-electron chi connectivity index (χ4n) is 1.34. The number of hydrogen-bond donors (Lipinski definition) is 1. The van der Waals surface area contributed by atoms with Gasteiger partial charge in [0.1, 0.15) is 0 Å². The van der Waals surface area contributed by atoms with Crippen molar-refractivity contribution in [3.8, 4) is 0 Å². The number of hydrogen-bond acceptors (Lipinski definition) is 4. The lowest BCUT2D eigenvalue weighted by atomic mass is 10.0. The fraction of sp³-hybridized carbons (Fsp3) is 0.833. The summed E-state index contributed by atoms with van der Waals surface area (Å²) >= 11 is 0. The Balaban J connectivity index is 3.84. The minimum absolute atomic E-state index is 0.0802. The highest BCUT2D eigenvalue weighted by Crippen LogP contribution is 2.09. The zero-order valence-electron chi connectivity index (χ0n) is 11.2. The van der Waals surface area contributed by atoms with Crippen LogP contribution in [0.1, 0.15) is 40.5 Å². The van der Waals surface area contributed by atoms with Crippen molar-refractivity contribution in [2.75, 3.05) is 19.8 Å². The van der Waals surface area contributed by atoms with Crippen molar-refractivity contribution in [1.29, 1.82) is 0 Å². The standard InChI is InChI=1S/C12H23NO4/c1-5-12(4,13-10(3)14)9-16-8-7-11(15)17-6-2/h5-9H2,1-4H3,(H,13,14). The molecule has 0 aromatic carbocycles. The second kappa shape index (κ2) is 8.06. The molecule has 100 valence electrons. The van der Waals surface area contributed by atoms with E-state index in [0.29, 0.717) is 19.8 Å². The van der Waals surface area contributed by atoms with Crippen molar-refractivity contribution in [2.24, 2.45) is 0 Å². The summed E-state index contributed by atoms with van der Waals surface area (Å²) in [6.07, 6.45) is 1.01. The summed E-state index contributed by atoms with van der Waals surface area (Å²) in [5, 5.41) is 2.84. The monoisotopic (exact) mass is 245 g/mol. The van der Waals surface area contributed by atoms with Crippen molar-refractivity contribution in [2.45, 2.75) is 46.1 Å². The Morgan fingerprint density at radius 2 is 1.94 bits per heavy atom. The zero-order chi connectivity index (χ0) is 13.3. The maximum atomic E-state index is 11.0. The molecular formula is C12H23NO4. The van der Waals surface area contributed by atoms with Gasteiger partial charge in [-0.2, -0.15) is 0 Å². The number of carbonyl (C=O) groups is 2. The lowest BCUT2D eigenvalue weighted by molar-refractivity contribution is -0.144. The van der Waals surface area contributed by atoms with Gasteiger partial charge in [-0.3, -0.25) is 9.59 Å². The van der Waals surface area contributed by atoms with E-state index in [-0.39, 0.29) is 23.8 Å². The average molecular weight is 245 g/mol. The van der Waals surface area contributed by atoms with Crippen molar-refractivity contribution in [3.05, 3.63) is 0 Å². The van der Waals surface area contributed by atoms with Crippen LogP contribution >= 0.6 is 0 Å². The molecule has 0 aliphatic carbocycles. The smallest absolute Gasteiger partial charge is 0.308 e. The third-order valence-electron chi connectivity index (χ3n) is 2.43. The molecule has 0 aliphatic rings. The van der Waals surface area contributed by atoms with Gasteiger partial charge in [-0.1, -0.05) is 6.92 Å². The molecule has 0 aromatic rings. The summed E-state index contributed by atoms with van der Waals surface area (Å²) in [5.41, 5.74) is -0.375. The predicted molar refractivity (Wildman–Crippen MR) is 64.6 cm³/mol. The summed E-state index contributed by atoms with van der Waals surface area (Å²) < 4.78 is 10.2. The second-order valence-electron chi connectivity index (χ2n) is 4.20. The van der Waals surface area contributed by atoms with Gasteiger partial charge < -0.3 is 14.8 Å². The molecule has 0 radical (unpaired) electrons. The number of esters is 1. The maximum Gasteiger partial charge on any atom is 0.308 e. The molecule has 0 saturated heterocycles. The maximum absolute atomic E-state index is 11.0. The van der Waals surface area contributed by atoms with Gasteiger partial charge in [-0.15, -0.1) is 0 Å². The highest BCUT2D eigenvalue weighted by atomic mass is 16.5. The summed E-state index contributed by atoms with van der Waals surface area (Å²) in [5.74, 6) is -0.339. The van der Waals surface area contributed by atoms with Crippen LogP contribution in [0.2, 0.25) is 0 Å². The number of ether oxygens (including phenoxy) is 2. The Bertz CT molecular complexity index is 255. The van der Waals surface area contributed by atoms with Crippen LogP contribution in [0.3, 0.4) is 0 Å². The zero-order valence-corrected chi connectivity index (χ0v) is 11.2. The molecule has 0 aromatic heterocycles. The van der Waals surface area contributed by atoms with Crippen molar-refractivity contribution >= 4 is 11.9 Å². The number of nitrogens with one attached hydrogen (secondary N) is 1. The highest BCUT2D eigenvalue weighted by molar-refractivity contribution is 5.73. The van der Waals surface area contributed by atoms with Gasteiger partial charge >= 0.3 is 5.97 Å². The molecule has 0 bridgehead atoms. The second-order valence-corrected chi connectivity index (χ2v) is 4.20. The molecular weight excluding hydrogens is 222 g/mol. The molecule has 1 N–H and O–H groups in total. The van der Waals surface area contributed by atoms with Gasteiger partial charge in [0.05, 0.1) is 31.8 Å². The van der Waals surface area contributed by atoms with Crippen molar-refractivity contribution in [1.82, 2.24) is 5.32 Å². The Kier molecular flexibility index (Phi) is 7.54. The molecule has 0 aliphatic heterocycles. The van der Waals surface area contributed by atoms with Crippen LogP contribution in [-0.2, 0) is 19.1 Å². The summed E-state index contributed by atoms with van der Waals surface area (Å²) in [7, 11) is 0. The first-order valence-corrected chi connectivity index (χ1v) is 5.95. The van der Waals surface area contributed by atoms with E-state index < -0.39 is 0 Å². The Morgan fingerprint density at radius 1 is 1.29 bits per heavy atom. The van der Waals surface area contributed by atoms with Crippen molar-refractivity contribution in [3.63, 3.8) is 0 Å². The van der Waals surface area contributed by atoms with Crippen LogP contribution in [0, 0.1) is 0 Å². The third-order valence-corrected chi connectivity index (χ3v) is 2.43. The molecule has 1 amide bonds. The first-order valence-electron chi connectivity index (χ1n) is 5.95. The Hall–Kier alpha value is -1.10. The van der Waals surface area contributed by atoms with Gasteiger partial charge in [0.25, 0.3) is 0 Å². The van der Waals surface area contributed by atoms with Crippen LogP contribution in [0.4, 0.5) is 0 Å². The molecule has 0 rings (SSSR count). The Labute approximate surface area is 103 Å². The first-order chi connectivity index (χ1) is 7.93. The number of rotatable bonds is 8. The van der Waals surface area contributed by atoms with Gasteiger partial charge in [0, 0.05) is 6.92 Å². The van der Waals surface area contributed by atoms with Crippen LogP contribution in [0.25, 0.3) is 0 Å². The molecule has 1 unspecified atom stereocenters. The van der Waals surface area contributed by atoms with E-state index in [1.165, 1.54) is 6.92 Å². The lowest BCUT2D eigenvalue weighted by Crippen LogP contribution is -2.48. The van der Waals surface area contributed by atoms with Crippen LogP contribution in [0.5, 0.6) is 0 Å². The van der Waals surface area contributed by atoms with E-state index in [2.05, 4.69) is 5.32 Å². The summed E-state index contributed by atoms with van der Waals surface area (Å²) in [6, 6.07) is 0. The van der Waals surface area contributed by atoms with Crippen LogP contribution in [0.15, 0.2) is 0 Å². The molecule has 0 heterocycles. The third kappa shape index (κ3) is 7.74. The first kappa shape index (κ1) is 15.9. The molecule has 5 nitrogen and oxygen atoms in total. The van der Waals surface area contributed by atoms with Gasteiger partial charge in [-0.05, 0) is 20.3 Å².